The molecule has 4 heteroatoms. The Morgan fingerprint density at radius 3 is 1.50 bits per heavy atom. The molecule has 0 aliphatic carbocycles. The van der Waals surface area contributed by atoms with Gasteiger partial charge in [-0.15, -0.1) is 0 Å². The van der Waals surface area contributed by atoms with Crippen LogP contribution in [0.3, 0.4) is 0 Å². The van der Waals surface area contributed by atoms with Crippen LogP contribution >= 0.6 is 23.5 Å². The second-order valence-electron chi connectivity index (χ2n) is 5.48. The molecule has 0 atom stereocenters. The van der Waals surface area contributed by atoms with Gasteiger partial charge >= 0.3 is 0 Å². The van der Waals surface area contributed by atoms with Gasteiger partial charge in [0.1, 0.15) is 11.5 Å². The molecule has 1 aliphatic rings. The topological polar surface area (TPSA) is 26.3 Å². The van der Waals surface area contributed by atoms with Gasteiger partial charge in [0.2, 0.25) is 0 Å². The molecule has 2 aromatic carbocycles. The van der Waals surface area contributed by atoms with Crippen LogP contribution in [-0.4, -0.2) is 0 Å². The fourth-order valence-electron chi connectivity index (χ4n) is 2.77. The molecule has 0 spiro atoms. The fourth-order valence-corrected chi connectivity index (χ4v) is 5.05. The van der Waals surface area contributed by atoms with Crippen molar-refractivity contribution in [2.75, 3.05) is 0 Å². The molecule has 4 aromatic rings. The lowest BCUT2D eigenvalue weighted by Gasteiger charge is -2.19. The number of furan rings is 2. The van der Waals surface area contributed by atoms with Crippen LogP contribution in [0.15, 0.2) is 102 Å². The molecular formula is C20H12O2S2. The molecule has 5 rings (SSSR count). The van der Waals surface area contributed by atoms with Gasteiger partial charge in [0.05, 0.1) is 12.5 Å². The molecule has 0 unspecified atom stereocenters. The molecule has 0 N–H and O–H groups in total. The smallest absolute Gasteiger partial charge is 0.133 e. The minimum absolute atomic E-state index is 0.901. The van der Waals surface area contributed by atoms with Crippen LogP contribution in [0.25, 0.3) is 22.6 Å². The minimum Gasteiger partial charge on any atom is -0.464 e. The summed E-state index contributed by atoms with van der Waals surface area (Å²) in [6.45, 7) is 0. The van der Waals surface area contributed by atoms with E-state index in [0.29, 0.717) is 0 Å². The van der Waals surface area contributed by atoms with Gasteiger partial charge in [0, 0.05) is 30.7 Å². The third kappa shape index (κ3) is 2.39. The number of benzene rings is 2. The van der Waals surface area contributed by atoms with Crippen molar-refractivity contribution in [1.82, 2.24) is 0 Å². The van der Waals surface area contributed by atoms with Gasteiger partial charge in [-0.3, -0.25) is 0 Å². The van der Waals surface area contributed by atoms with Crippen molar-refractivity contribution in [3.63, 3.8) is 0 Å². The van der Waals surface area contributed by atoms with Crippen molar-refractivity contribution in [3.05, 3.63) is 73.2 Å². The van der Waals surface area contributed by atoms with Crippen LogP contribution in [0, 0.1) is 0 Å². The lowest BCUT2D eigenvalue weighted by molar-refractivity contribution is 0.582. The average Bonchev–Trinajstić information content (AvgIpc) is 3.32. The molecule has 0 radical (unpaired) electrons. The Kier molecular flexibility index (Phi) is 3.32. The molecule has 0 fully saturated rings. The summed E-state index contributed by atoms with van der Waals surface area (Å²) < 4.78 is 11.0. The van der Waals surface area contributed by atoms with Crippen LogP contribution in [0.2, 0.25) is 0 Å². The molecule has 0 saturated carbocycles. The molecule has 0 bridgehead atoms. The van der Waals surface area contributed by atoms with Crippen molar-refractivity contribution in [3.8, 4) is 22.6 Å². The van der Waals surface area contributed by atoms with Gasteiger partial charge < -0.3 is 8.83 Å². The third-order valence-electron chi connectivity index (χ3n) is 3.94. The molecule has 3 heterocycles. The average molecular weight is 348 g/mol. The Labute approximate surface area is 147 Å². The second-order valence-corrected chi connectivity index (χ2v) is 7.65. The molecular weight excluding hydrogens is 336 g/mol. The maximum Gasteiger partial charge on any atom is 0.133 e. The molecule has 2 aromatic heterocycles. The number of rotatable bonds is 2. The number of fused-ring (bicyclic) bond motifs is 2. The zero-order valence-electron chi connectivity index (χ0n) is 12.6. The third-order valence-corrected chi connectivity index (χ3v) is 6.46. The second kappa shape index (κ2) is 5.65. The summed E-state index contributed by atoms with van der Waals surface area (Å²) in [6, 6.07) is 20.8. The van der Waals surface area contributed by atoms with E-state index in [4.69, 9.17) is 8.83 Å². The SMILES string of the molecule is c1coc(-c2ccc3c(c2)Sc2cc(-c4ccco4)ccc2S3)c1. The van der Waals surface area contributed by atoms with Gasteiger partial charge in [-0.25, -0.2) is 0 Å². The van der Waals surface area contributed by atoms with Crippen LogP contribution in [0.5, 0.6) is 0 Å². The van der Waals surface area contributed by atoms with E-state index < -0.39 is 0 Å². The van der Waals surface area contributed by atoms with Gasteiger partial charge in [-0.05, 0) is 48.5 Å². The molecule has 0 amide bonds. The molecule has 24 heavy (non-hydrogen) atoms. The predicted octanol–water partition coefficient (Wildman–Crippen LogP) is 6.82. The highest BCUT2D eigenvalue weighted by molar-refractivity contribution is 8.05. The van der Waals surface area contributed by atoms with E-state index in [-0.39, 0.29) is 0 Å². The van der Waals surface area contributed by atoms with Gasteiger partial charge in [0.25, 0.3) is 0 Å². The first-order valence-corrected chi connectivity index (χ1v) is 9.22. The molecule has 116 valence electrons. The summed E-state index contributed by atoms with van der Waals surface area (Å²) in [4.78, 5) is 5.10. The lowest BCUT2D eigenvalue weighted by Crippen LogP contribution is -1.91. The minimum atomic E-state index is 0.901. The van der Waals surface area contributed by atoms with Crippen molar-refractivity contribution >= 4 is 23.5 Å². The Morgan fingerprint density at radius 1 is 0.542 bits per heavy atom. The van der Waals surface area contributed by atoms with E-state index in [0.717, 1.165) is 22.6 Å². The van der Waals surface area contributed by atoms with Crippen molar-refractivity contribution < 1.29 is 8.83 Å². The summed E-state index contributed by atoms with van der Waals surface area (Å²) in [5.74, 6) is 1.80. The van der Waals surface area contributed by atoms with Crippen molar-refractivity contribution in [2.24, 2.45) is 0 Å². The normalized spacial score (nSPS) is 12.7. The zero-order chi connectivity index (χ0) is 15.9. The summed E-state index contributed by atoms with van der Waals surface area (Å²) in [5, 5.41) is 0. The summed E-state index contributed by atoms with van der Waals surface area (Å²) in [5.41, 5.74) is 2.22. The largest absolute Gasteiger partial charge is 0.464 e. The first-order chi connectivity index (χ1) is 11.9. The maximum atomic E-state index is 5.52. The lowest BCUT2D eigenvalue weighted by atomic mass is 10.2. The van der Waals surface area contributed by atoms with Gasteiger partial charge in [-0.2, -0.15) is 0 Å². The Hall–Kier alpha value is -2.30. The maximum absolute atomic E-state index is 5.52. The highest BCUT2D eigenvalue weighted by atomic mass is 32.2. The summed E-state index contributed by atoms with van der Waals surface area (Å²) in [6.07, 6.45) is 3.42. The number of hydrogen-bond acceptors (Lipinski definition) is 4. The van der Waals surface area contributed by atoms with E-state index in [1.165, 1.54) is 19.6 Å². The summed E-state index contributed by atoms with van der Waals surface area (Å²) in [7, 11) is 0. The van der Waals surface area contributed by atoms with Crippen LogP contribution in [-0.2, 0) is 0 Å². The van der Waals surface area contributed by atoms with E-state index >= 15 is 0 Å². The Bertz CT molecular complexity index is 921. The van der Waals surface area contributed by atoms with Gasteiger partial charge in [-0.1, -0.05) is 35.7 Å². The van der Waals surface area contributed by atoms with E-state index in [9.17, 15) is 0 Å². The Morgan fingerprint density at radius 2 is 1.04 bits per heavy atom. The summed E-state index contributed by atoms with van der Waals surface area (Å²) >= 11 is 3.61. The predicted molar refractivity (Wildman–Crippen MR) is 96.5 cm³/mol. The highest BCUT2D eigenvalue weighted by Gasteiger charge is 2.19. The van der Waals surface area contributed by atoms with Crippen molar-refractivity contribution in [2.45, 2.75) is 19.6 Å². The molecule has 1 aliphatic heterocycles. The zero-order valence-corrected chi connectivity index (χ0v) is 14.2. The van der Waals surface area contributed by atoms with E-state index in [1.807, 2.05) is 36.0 Å². The first kappa shape index (κ1) is 14.1. The van der Waals surface area contributed by atoms with Crippen LogP contribution in [0.4, 0.5) is 0 Å². The number of hydrogen-bond donors (Lipinski definition) is 0. The monoisotopic (exact) mass is 348 g/mol. The quantitative estimate of drug-likeness (QED) is 0.349. The van der Waals surface area contributed by atoms with E-state index in [2.05, 4.69) is 36.4 Å². The first-order valence-electron chi connectivity index (χ1n) is 7.58. The Balaban J connectivity index is 1.54. The van der Waals surface area contributed by atoms with Crippen molar-refractivity contribution in [1.29, 1.82) is 0 Å². The molecule has 0 saturated heterocycles. The standard InChI is InChI=1S/C20H12O2S2/c1-3-15(21-9-1)13-5-7-17-19(11-13)24-20-12-14(6-8-18(20)23-17)16-4-2-10-22-16/h1-12H. The highest BCUT2D eigenvalue weighted by Crippen LogP contribution is 2.50. The van der Waals surface area contributed by atoms with Crippen LogP contribution < -0.4 is 0 Å². The van der Waals surface area contributed by atoms with Crippen LogP contribution in [0.1, 0.15) is 0 Å². The van der Waals surface area contributed by atoms with Gasteiger partial charge in [0.15, 0.2) is 0 Å². The molecule has 2 nitrogen and oxygen atoms in total. The van der Waals surface area contributed by atoms with E-state index in [1.54, 1.807) is 24.3 Å². The fraction of sp³-hybridized carbons (Fsp3) is 0.